The van der Waals surface area contributed by atoms with Gasteiger partial charge in [0.15, 0.2) is 0 Å². The van der Waals surface area contributed by atoms with E-state index in [1.165, 1.54) is 34.9 Å². The fourth-order valence-corrected chi connectivity index (χ4v) is 5.05. The van der Waals surface area contributed by atoms with Gasteiger partial charge in [0.05, 0.1) is 10.3 Å². The maximum absolute atomic E-state index is 9.48. The van der Waals surface area contributed by atoms with E-state index in [1.54, 1.807) is 11.3 Å². The molecule has 1 aromatic heterocycles. The van der Waals surface area contributed by atoms with Gasteiger partial charge in [0.1, 0.15) is 11.9 Å². The van der Waals surface area contributed by atoms with Gasteiger partial charge in [0.2, 0.25) is 0 Å². The van der Waals surface area contributed by atoms with Gasteiger partial charge in [-0.05, 0) is 72.6 Å². The molecular weight excluding hydrogens is 350 g/mol. The van der Waals surface area contributed by atoms with Crippen LogP contribution >= 0.6 is 11.3 Å². The number of hydrogen-bond acceptors (Lipinski definition) is 4. The van der Waals surface area contributed by atoms with E-state index < -0.39 is 0 Å². The average molecular weight is 374 g/mol. The number of thiophene rings is 1. The van der Waals surface area contributed by atoms with Crippen molar-refractivity contribution in [1.82, 2.24) is 5.32 Å². The van der Waals surface area contributed by atoms with Crippen molar-refractivity contribution in [2.75, 3.05) is 0 Å². The molecule has 4 rings (SSSR count). The summed E-state index contributed by atoms with van der Waals surface area (Å²) in [6, 6.07) is 8.34. The molecule has 0 spiro atoms. The standard InChI is InChI=1S/C23H23N3S/c1-3-4-7-17-14(2)26-23(25)19(11-15-9-10-15)21(17)20-13-27-22-16(12-24)6-5-8-18(20)22/h5-6,8,13,15,21,26H,7,9-11,25H2,1-2H3. The van der Waals surface area contributed by atoms with E-state index in [1.807, 2.05) is 19.1 Å². The molecule has 136 valence electrons. The highest BCUT2D eigenvalue weighted by molar-refractivity contribution is 7.17. The lowest BCUT2D eigenvalue weighted by Gasteiger charge is -2.32. The number of fused-ring (bicyclic) bond motifs is 1. The van der Waals surface area contributed by atoms with Gasteiger partial charge in [0, 0.05) is 18.0 Å². The first-order chi connectivity index (χ1) is 13.1. The fraction of sp³-hybridized carbons (Fsp3) is 0.348. The molecule has 1 fully saturated rings. The Morgan fingerprint density at radius 1 is 1.30 bits per heavy atom. The lowest BCUT2D eigenvalue weighted by Crippen LogP contribution is -2.30. The zero-order valence-corrected chi connectivity index (χ0v) is 16.5. The van der Waals surface area contributed by atoms with Crippen LogP contribution in [0.4, 0.5) is 0 Å². The summed E-state index contributed by atoms with van der Waals surface area (Å²) in [5.74, 6) is 7.99. The molecule has 0 bridgehead atoms. The topological polar surface area (TPSA) is 61.8 Å². The maximum Gasteiger partial charge on any atom is 0.101 e. The molecule has 27 heavy (non-hydrogen) atoms. The summed E-state index contributed by atoms with van der Waals surface area (Å²) < 4.78 is 1.07. The number of nitriles is 1. The molecule has 2 aliphatic rings. The second-order valence-corrected chi connectivity index (χ2v) is 8.26. The predicted molar refractivity (Wildman–Crippen MR) is 112 cm³/mol. The molecule has 0 saturated heterocycles. The highest BCUT2D eigenvalue weighted by Gasteiger charge is 2.34. The molecule has 0 amide bonds. The Hall–Kier alpha value is -2.69. The zero-order chi connectivity index (χ0) is 19.0. The number of benzene rings is 1. The molecule has 1 saturated carbocycles. The Kier molecular flexibility index (Phi) is 4.68. The SMILES string of the molecule is CC#CCC1=C(C)NC(N)=C(CC2CC2)C1c1csc2c(C#N)cccc12. The van der Waals surface area contributed by atoms with Gasteiger partial charge in [-0.3, -0.25) is 0 Å². The van der Waals surface area contributed by atoms with Gasteiger partial charge < -0.3 is 11.1 Å². The van der Waals surface area contributed by atoms with Gasteiger partial charge >= 0.3 is 0 Å². The van der Waals surface area contributed by atoms with Gasteiger partial charge in [-0.15, -0.1) is 17.3 Å². The van der Waals surface area contributed by atoms with E-state index in [-0.39, 0.29) is 5.92 Å². The Bertz CT molecular complexity index is 1060. The summed E-state index contributed by atoms with van der Waals surface area (Å²) in [6.07, 6.45) is 4.35. The second kappa shape index (κ2) is 7.14. The third-order valence-corrected chi connectivity index (χ3v) is 6.62. The van der Waals surface area contributed by atoms with Crippen molar-refractivity contribution in [1.29, 1.82) is 5.26 Å². The number of allylic oxidation sites excluding steroid dienone is 3. The first kappa shape index (κ1) is 17.7. The van der Waals surface area contributed by atoms with Crippen molar-refractivity contribution in [2.45, 2.75) is 45.4 Å². The largest absolute Gasteiger partial charge is 0.385 e. The fourth-order valence-electron chi connectivity index (χ4n) is 3.99. The van der Waals surface area contributed by atoms with Gasteiger partial charge in [-0.25, -0.2) is 0 Å². The van der Waals surface area contributed by atoms with E-state index in [0.717, 1.165) is 40.5 Å². The van der Waals surface area contributed by atoms with E-state index in [9.17, 15) is 5.26 Å². The van der Waals surface area contributed by atoms with E-state index in [0.29, 0.717) is 0 Å². The first-order valence-electron chi connectivity index (χ1n) is 9.39. The Labute approximate surface area is 164 Å². The maximum atomic E-state index is 9.48. The summed E-state index contributed by atoms with van der Waals surface area (Å²) >= 11 is 1.66. The highest BCUT2D eigenvalue weighted by Crippen LogP contribution is 2.48. The number of rotatable bonds is 4. The van der Waals surface area contributed by atoms with Crippen LogP contribution in [0.5, 0.6) is 0 Å². The third-order valence-electron chi connectivity index (χ3n) is 5.57. The number of nitrogens with two attached hydrogens (primary N) is 1. The molecule has 2 aromatic rings. The zero-order valence-electron chi connectivity index (χ0n) is 15.7. The van der Waals surface area contributed by atoms with Crippen molar-refractivity contribution in [2.24, 2.45) is 11.7 Å². The van der Waals surface area contributed by atoms with Crippen LogP contribution in [0.2, 0.25) is 0 Å². The predicted octanol–water partition coefficient (Wildman–Crippen LogP) is 5.12. The van der Waals surface area contributed by atoms with Crippen LogP contribution in [0.3, 0.4) is 0 Å². The Morgan fingerprint density at radius 3 is 2.81 bits per heavy atom. The summed E-state index contributed by atoms with van der Waals surface area (Å²) in [6.45, 7) is 3.98. The number of nitrogens with zero attached hydrogens (tertiary/aromatic N) is 1. The normalized spacial score (nSPS) is 19.5. The molecule has 3 N–H and O–H groups in total. The van der Waals surface area contributed by atoms with E-state index in [4.69, 9.17) is 5.73 Å². The Balaban J connectivity index is 1.89. The molecule has 0 radical (unpaired) electrons. The van der Waals surface area contributed by atoms with E-state index >= 15 is 0 Å². The molecule has 4 heteroatoms. The summed E-state index contributed by atoms with van der Waals surface area (Å²) in [4.78, 5) is 0. The van der Waals surface area contributed by atoms with Crippen LogP contribution in [0.1, 0.15) is 56.6 Å². The van der Waals surface area contributed by atoms with Crippen LogP contribution in [0.25, 0.3) is 10.1 Å². The van der Waals surface area contributed by atoms with Crippen LogP contribution in [0.15, 0.2) is 46.2 Å². The molecule has 3 nitrogen and oxygen atoms in total. The summed E-state index contributed by atoms with van der Waals surface area (Å²) in [5.41, 5.74) is 12.2. The second-order valence-electron chi connectivity index (χ2n) is 7.38. The molecule has 1 aromatic carbocycles. The molecular formula is C23H23N3S. The summed E-state index contributed by atoms with van der Waals surface area (Å²) in [7, 11) is 0. The monoisotopic (exact) mass is 373 g/mol. The van der Waals surface area contributed by atoms with Gasteiger partial charge in [-0.1, -0.05) is 18.1 Å². The Morgan fingerprint density at radius 2 is 2.11 bits per heavy atom. The molecule has 1 aliphatic carbocycles. The number of hydrogen-bond donors (Lipinski definition) is 2. The molecule has 2 heterocycles. The summed E-state index contributed by atoms with van der Waals surface area (Å²) in [5, 5.41) is 16.3. The van der Waals surface area contributed by atoms with Crippen molar-refractivity contribution >= 4 is 21.4 Å². The van der Waals surface area contributed by atoms with Crippen LogP contribution < -0.4 is 11.1 Å². The quantitative estimate of drug-likeness (QED) is 0.732. The molecule has 1 atom stereocenters. The van der Waals surface area contributed by atoms with E-state index in [2.05, 4.69) is 41.6 Å². The minimum Gasteiger partial charge on any atom is -0.385 e. The minimum absolute atomic E-state index is 0.149. The minimum atomic E-state index is 0.149. The van der Waals surface area contributed by atoms with Crippen molar-refractivity contribution in [3.8, 4) is 17.9 Å². The molecule has 1 unspecified atom stereocenters. The lowest BCUT2D eigenvalue weighted by atomic mass is 9.78. The third kappa shape index (κ3) is 3.22. The molecule has 1 aliphatic heterocycles. The average Bonchev–Trinajstić information content (AvgIpc) is 3.39. The number of nitrogens with one attached hydrogen (secondary N) is 1. The van der Waals surface area contributed by atoms with Crippen LogP contribution in [-0.2, 0) is 0 Å². The van der Waals surface area contributed by atoms with Crippen molar-refractivity contribution in [3.05, 3.63) is 57.4 Å². The van der Waals surface area contributed by atoms with Crippen molar-refractivity contribution < 1.29 is 0 Å². The lowest BCUT2D eigenvalue weighted by molar-refractivity contribution is 0.677. The van der Waals surface area contributed by atoms with Gasteiger partial charge in [-0.2, -0.15) is 5.26 Å². The number of dihydropyridines is 1. The first-order valence-corrected chi connectivity index (χ1v) is 10.3. The van der Waals surface area contributed by atoms with Crippen LogP contribution in [-0.4, -0.2) is 0 Å². The highest BCUT2D eigenvalue weighted by atomic mass is 32.1. The smallest absolute Gasteiger partial charge is 0.101 e. The van der Waals surface area contributed by atoms with Crippen molar-refractivity contribution in [3.63, 3.8) is 0 Å². The van der Waals surface area contributed by atoms with Crippen LogP contribution in [0, 0.1) is 29.1 Å². The van der Waals surface area contributed by atoms with Gasteiger partial charge in [0.25, 0.3) is 0 Å².